The molecule has 1 amide bonds. The summed E-state index contributed by atoms with van der Waals surface area (Å²) in [5.41, 5.74) is 6.76. The van der Waals surface area contributed by atoms with Crippen molar-refractivity contribution in [3.8, 4) is 16.9 Å². The summed E-state index contributed by atoms with van der Waals surface area (Å²) in [6, 6.07) is 20.2. The Morgan fingerprint density at radius 3 is 2.27 bits per heavy atom. The summed E-state index contributed by atoms with van der Waals surface area (Å²) >= 11 is 0. The molecule has 6 heteroatoms. The number of anilines is 1. The van der Waals surface area contributed by atoms with E-state index in [0.29, 0.717) is 18.7 Å². The zero-order valence-corrected chi connectivity index (χ0v) is 19.0. The first-order valence-electron chi connectivity index (χ1n) is 11.3. The number of piperazine rings is 1. The number of aryl methyl sites for hydroxylation is 2. The minimum atomic E-state index is 0.0292. The number of amides is 1. The van der Waals surface area contributed by atoms with Crippen molar-refractivity contribution in [3.63, 3.8) is 0 Å². The SMILES string of the molecule is Cc1ccc(-c2nn(-c3ccccc3)cc2C(=O)N2CCN(c3ccncc3)CC2)c(C)c1. The third kappa shape index (κ3) is 4.24. The van der Waals surface area contributed by atoms with Crippen LogP contribution in [-0.4, -0.2) is 51.8 Å². The molecule has 3 heterocycles. The lowest BCUT2D eigenvalue weighted by Crippen LogP contribution is -2.48. The van der Waals surface area contributed by atoms with Crippen molar-refractivity contribution in [3.05, 3.63) is 95.9 Å². The maximum Gasteiger partial charge on any atom is 0.257 e. The predicted octanol–water partition coefficient (Wildman–Crippen LogP) is 4.51. The Hall–Kier alpha value is -3.93. The second-order valence-corrected chi connectivity index (χ2v) is 8.47. The van der Waals surface area contributed by atoms with Gasteiger partial charge in [-0.3, -0.25) is 9.78 Å². The maximum atomic E-state index is 13.7. The van der Waals surface area contributed by atoms with Gasteiger partial charge in [0.25, 0.3) is 5.91 Å². The number of rotatable bonds is 4. The van der Waals surface area contributed by atoms with Gasteiger partial charge in [-0.1, -0.05) is 42.0 Å². The fraction of sp³-hybridized carbons (Fsp3) is 0.222. The van der Waals surface area contributed by atoms with E-state index < -0.39 is 0 Å². The van der Waals surface area contributed by atoms with Gasteiger partial charge in [0.1, 0.15) is 5.69 Å². The van der Waals surface area contributed by atoms with Crippen molar-refractivity contribution in [2.45, 2.75) is 13.8 Å². The average molecular weight is 438 g/mol. The van der Waals surface area contributed by atoms with Gasteiger partial charge in [-0.2, -0.15) is 5.10 Å². The van der Waals surface area contributed by atoms with E-state index in [1.165, 1.54) is 5.56 Å². The number of carbonyl (C=O) groups is 1. The van der Waals surface area contributed by atoms with Gasteiger partial charge in [-0.05, 0) is 43.7 Å². The first-order chi connectivity index (χ1) is 16.1. The number of nitrogens with zero attached hydrogens (tertiary/aromatic N) is 5. The van der Waals surface area contributed by atoms with Gasteiger partial charge in [-0.15, -0.1) is 0 Å². The largest absolute Gasteiger partial charge is 0.368 e. The van der Waals surface area contributed by atoms with Crippen LogP contribution in [0.1, 0.15) is 21.5 Å². The Balaban J connectivity index is 1.46. The highest BCUT2D eigenvalue weighted by Gasteiger charge is 2.27. The number of para-hydroxylation sites is 1. The minimum Gasteiger partial charge on any atom is -0.368 e. The van der Waals surface area contributed by atoms with Crippen LogP contribution in [-0.2, 0) is 0 Å². The Morgan fingerprint density at radius 1 is 0.848 bits per heavy atom. The van der Waals surface area contributed by atoms with Crippen LogP contribution in [0.4, 0.5) is 5.69 Å². The first-order valence-corrected chi connectivity index (χ1v) is 11.3. The van der Waals surface area contributed by atoms with Crippen molar-refractivity contribution in [2.24, 2.45) is 0 Å². The highest BCUT2D eigenvalue weighted by molar-refractivity contribution is 6.00. The van der Waals surface area contributed by atoms with E-state index in [2.05, 4.69) is 41.9 Å². The van der Waals surface area contributed by atoms with Crippen molar-refractivity contribution in [1.29, 1.82) is 0 Å². The molecule has 6 nitrogen and oxygen atoms in total. The summed E-state index contributed by atoms with van der Waals surface area (Å²) in [6.45, 7) is 7.08. The quantitative estimate of drug-likeness (QED) is 0.471. The summed E-state index contributed by atoms with van der Waals surface area (Å²) in [7, 11) is 0. The molecule has 5 rings (SSSR count). The smallest absolute Gasteiger partial charge is 0.257 e. The van der Waals surface area contributed by atoms with Crippen LogP contribution >= 0.6 is 0 Å². The van der Waals surface area contributed by atoms with E-state index in [0.717, 1.165) is 41.3 Å². The molecule has 0 aliphatic carbocycles. The van der Waals surface area contributed by atoms with Gasteiger partial charge in [0.15, 0.2) is 0 Å². The van der Waals surface area contributed by atoms with Gasteiger partial charge < -0.3 is 9.80 Å². The molecule has 1 fully saturated rings. The molecule has 0 bridgehead atoms. The fourth-order valence-corrected chi connectivity index (χ4v) is 4.41. The number of hydrogen-bond acceptors (Lipinski definition) is 4. The average Bonchev–Trinajstić information content (AvgIpc) is 3.30. The lowest BCUT2D eigenvalue weighted by molar-refractivity contribution is 0.0747. The van der Waals surface area contributed by atoms with Gasteiger partial charge >= 0.3 is 0 Å². The number of hydrogen-bond donors (Lipinski definition) is 0. The van der Waals surface area contributed by atoms with E-state index in [-0.39, 0.29) is 5.91 Å². The minimum absolute atomic E-state index is 0.0292. The van der Waals surface area contributed by atoms with E-state index >= 15 is 0 Å². The molecule has 0 N–H and O–H groups in total. The van der Waals surface area contributed by atoms with Crippen molar-refractivity contribution in [1.82, 2.24) is 19.7 Å². The summed E-state index contributed by atoms with van der Waals surface area (Å²) in [6.07, 6.45) is 5.49. The maximum absolute atomic E-state index is 13.7. The molecule has 0 saturated carbocycles. The molecule has 1 aliphatic rings. The summed E-state index contributed by atoms with van der Waals surface area (Å²) < 4.78 is 1.81. The first kappa shape index (κ1) is 20.9. The van der Waals surface area contributed by atoms with Crippen LogP contribution in [0.3, 0.4) is 0 Å². The third-order valence-corrected chi connectivity index (χ3v) is 6.20. The molecule has 4 aromatic rings. The lowest BCUT2D eigenvalue weighted by atomic mass is 10.00. The molecule has 2 aromatic heterocycles. The molecular formula is C27H27N5O. The Bertz CT molecular complexity index is 1260. The highest BCUT2D eigenvalue weighted by atomic mass is 16.2. The molecule has 0 spiro atoms. The Kier molecular flexibility index (Phi) is 5.65. The van der Waals surface area contributed by atoms with Gasteiger partial charge in [-0.25, -0.2) is 4.68 Å². The summed E-state index contributed by atoms with van der Waals surface area (Å²) in [4.78, 5) is 22.0. The van der Waals surface area contributed by atoms with E-state index in [1.54, 1.807) is 12.4 Å². The molecule has 0 radical (unpaired) electrons. The standard InChI is InChI=1S/C27H27N5O/c1-20-8-9-24(21(2)18-20)26-25(19-32(29-26)23-6-4-3-5-7-23)27(33)31-16-14-30(15-17-31)22-10-12-28-13-11-22/h3-13,18-19H,14-17H2,1-2H3. The number of benzene rings is 2. The van der Waals surface area contributed by atoms with Crippen LogP contribution in [0.2, 0.25) is 0 Å². The van der Waals surface area contributed by atoms with Crippen molar-refractivity contribution in [2.75, 3.05) is 31.1 Å². The Labute approximate surface area is 194 Å². The van der Waals surface area contributed by atoms with Crippen LogP contribution in [0.5, 0.6) is 0 Å². The highest BCUT2D eigenvalue weighted by Crippen LogP contribution is 2.29. The van der Waals surface area contributed by atoms with Crippen molar-refractivity contribution < 1.29 is 4.79 Å². The van der Waals surface area contributed by atoms with Crippen LogP contribution in [0.15, 0.2) is 79.3 Å². The second kappa shape index (κ2) is 8.90. The normalized spacial score (nSPS) is 13.9. The molecule has 0 unspecified atom stereocenters. The van der Waals surface area contributed by atoms with Gasteiger partial charge in [0.2, 0.25) is 0 Å². The monoisotopic (exact) mass is 437 g/mol. The van der Waals surface area contributed by atoms with Gasteiger partial charge in [0.05, 0.1) is 11.3 Å². The lowest BCUT2D eigenvalue weighted by Gasteiger charge is -2.36. The molecule has 0 atom stereocenters. The van der Waals surface area contributed by atoms with Crippen molar-refractivity contribution >= 4 is 11.6 Å². The van der Waals surface area contributed by atoms with E-state index in [1.807, 2.05) is 58.2 Å². The third-order valence-electron chi connectivity index (χ3n) is 6.20. The molecule has 166 valence electrons. The van der Waals surface area contributed by atoms with Gasteiger partial charge in [0, 0.05) is 56.0 Å². The zero-order valence-electron chi connectivity index (χ0n) is 19.0. The van der Waals surface area contributed by atoms with E-state index in [9.17, 15) is 4.79 Å². The Morgan fingerprint density at radius 2 is 1.58 bits per heavy atom. The summed E-state index contributed by atoms with van der Waals surface area (Å²) in [5.74, 6) is 0.0292. The topological polar surface area (TPSA) is 54.3 Å². The number of pyridine rings is 1. The van der Waals surface area contributed by atoms with E-state index in [4.69, 9.17) is 5.10 Å². The molecule has 2 aromatic carbocycles. The van der Waals surface area contributed by atoms with Crippen LogP contribution in [0, 0.1) is 13.8 Å². The molecule has 33 heavy (non-hydrogen) atoms. The fourth-order valence-electron chi connectivity index (χ4n) is 4.41. The zero-order chi connectivity index (χ0) is 22.8. The summed E-state index contributed by atoms with van der Waals surface area (Å²) in [5, 5.41) is 4.87. The number of carbonyl (C=O) groups excluding carboxylic acids is 1. The van der Waals surface area contributed by atoms with Crippen LogP contribution < -0.4 is 4.90 Å². The second-order valence-electron chi connectivity index (χ2n) is 8.47. The molecule has 1 aliphatic heterocycles. The molecular weight excluding hydrogens is 410 g/mol. The number of aromatic nitrogens is 3. The van der Waals surface area contributed by atoms with Crippen LogP contribution in [0.25, 0.3) is 16.9 Å². The predicted molar refractivity (Wildman–Crippen MR) is 131 cm³/mol. The molecule has 1 saturated heterocycles.